The van der Waals surface area contributed by atoms with Crippen LogP contribution in [0.5, 0.6) is 5.75 Å². The Bertz CT molecular complexity index is 751. The number of anilines is 1. The third-order valence-corrected chi connectivity index (χ3v) is 4.11. The number of esters is 1. The van der Waals surface area contributed by atoms with Crippen molar-refractivity contribution in [2.45, 2.75) is 6.92 Å². The molecule has 0 atom stereocenters. The first-order valence-corrected chi connectivity index (χ1v) is 8.22. The third-order valence-electron chi connectivity index (χ3n) is 3.00. The predicted octanol–water partition coefficient (Wildman–Crippen LogP) is 3.97. The summed E-state index contributed by atoms with van der Waals surface area (Å²) in [5.74, 6) is -0.561. The highest BCUT2D eigenvalue weighted by atomic mass is 79.9. The van der Waals surface area contributed by atoms with Crippen molar-refractivity contribution in [3.05, 3.63) is 57.5 Å². The van der Waals surface area contributed by atoms with E-state index in [-0.39, 0.29) is 13.2 Å². The standard InChI is InChI=1S/C17H15BrClNO4/c1-11-8-12(6-7-14(11)19)23-10-17(22)24-9-16(21)20-15-5-3-2-4-13(15)18/h2-8H,9-10H2,1H3,(H,20,21). The lowest BCUT2D eigenvalue weighted by atomic mass is 10.2. The van der Waals surface area contributed by atoms with Gasteiger partial charge < -0.3 is 14.8 Å². The number of rotatable bonds is 6. The van der Waals surface area contributed by atoms with Crippen LogP contribution in [0.15, 0.2) is 46.9 Å². The maximum Gasteiger partial charge on any atom is 0.344 e. The number of carbonyl (C=O) groups excluding carboxylic acids is 2. The fourth-order valence-electron chi connectivity index (χ4n) is 1.79. The average molecular weight is 413 g/mol. The number of aryl methyl sites for hydroxylation is 1. The van der Waals surface area contributed by atoms with Crippen molar-refractivity contribution < 1.29 is 19.1 Å². The molecular weight excluding hydrogens is 398 g/mol. The molecule has 0 unspecified atom stereocenters. The minimum atomic E-state index is -0.634. The van der Waals surface area contributed by atoms with Crippen LogP contribution in [-0.4, -0.2) is 25.1 Å². The lowest BCUT2D eigenvalue weighted by molar-refractivity contribution is -0.149. The molecule has 24 heavy (non-hydrogen) atoms. The van der Waals surface area contributed by atoms with Gasteiger partial charge in [0.1, 0.15) is 5.75 Å². The van der Waals surface area contributed by atoms with Gasteiger partial charge in [-0.3, -0.25) is 4.79 Å². The highest BCUT2D eigenvalue weighted by Gasteiger charge is 2.10. The average Bonchev–Trinajstić information content (AvgIpc) is 2.56. The number of carbonyl (C=O) groups is 2. The van der Waals surface area contributed by atoms with Crippen LogP contribution in [-0.2, 0) is 14.3 Å². The van der Waals surface area contributed by atoms with Gasteiger partial charge in [0.2, 0.25) is 0 Å². The van der Waals surface area contributed by atoms with E-state index in [2.05, 4.69) is 21.2 Å². The monoisotopic (exact) mass is 411 g/mol. The Kier molecular flexibility index (Phi) is 6.63. The fraction of sp³-hybridized carbons (Fsp3) is 0.176. The lowest BCUT2D eigenvalue weighted by Crippen LogP contribution is -2.23. The van der Waals surface area contributed by atoms with Crippen LogP contribution < -0.4 is 10.1 Å². The molecule has 126 valence electrons. The molecule has 2 rings (SSSR count). The number of nitrogens with one attached hydrogen (secondary N) is 1. The topological polar surface area (TPSA) is 64.6 Å². The lowest BCUT2D eigenvalue weighted by Gasteiger charge is -2.09. The van der Waals surface area contributed by atoms with Crippen LogP contribution in [0.1, 0.15) is 5.56 Å². The molecule has 1 N–H and O–H groups in total. The Balaban J connectivity index is 1.75. The summed E-state index contributed by atoms with van der Waals surface area (Å²) in [5, 5.41) is 3.25. The zero-order chi connectivity index (χ0) is 17.5. The maximum atomic E-state index is 11.8. The van der Waals surface area contributed by atoms with Crippen molar-refractivity contribution in [1.29, 1.82) is 0 Å². The zero-order valence-corrected chi connectivity index (χ0v) is 15.2. The van der Waals surface area contributed by atoms with Crippen LogP contribution in [0.4, 0.5) is 5.69 Å². The molecule has 0 heterocycles. The summed E-state index contributed by atoms with van der Waals surface area (Å²) in [6, 6.07) is 12.2. The summed E-state index contributed by atoms with van der Waals surface area (Å²) in [7, 11) is 0. The van der Waals surface area contributed by atoms with E-state index in [0.717, 1.165) is 10.0 Å². The van der Waals surface area contributed by atoms with Crippen molar-refractivity contribution in [3.8, 4) is 5.75 Å². The van der Waals surface area contributed by atoms with Crippen LogP contribution in [0.25, 0.3) is 0 Å². The minimum Gasteiger partial charge on any atom is -0.482 e. The smallest absolute Gasteiger partial charge is 0.344 e. The SMILES string of the molecule is Cc1cc(OCC(=O)OCC(=O)Nc2ccccc2Br)ccc1Cl. The summed E-state index contributed by atoms with van der Waals surface area (Å²) in [6.07, 6.45) is 0. The van der Waals surface area contributed by atoms with Gasteiger partial charge >= 0.3 is 5.97 Å². The highest BCUT2D eigenvalue weighted by molar-refractivity contribution is 9.10. The number of halogens is 2. The first-order valence-electron chi connectivity index (χ1n) is 7.04. The van der Waals surface area contributed by atoms with Gasteiger partial charge in [-0.15, -0.1) is 0 Å². The van der Waals surface area contributed by atoms with Gasteiger partial charge in [-0.1, -0.05) is 23.7 Å². The minimum absolute atomic E-state index is 0.288. The summed E-state index contributed by atoms with van der Waals surface area (Å²) >= 11 is 9.23. The number of amides is 1. The van der Waals surface area contributed by atoms with Crippen molar-refractivity contribution in [1.82, 2.24) is 0 Å². The van der Waals surface area contributed by atoms with E-state index >= 15 is 0 Å². The van der Waals surface area contributed by atoms with Crippen molar-refractivity contribution >= 4 is 45.1 Å². The van der Waals surface area contributed by atoms with Gasteiger partial charge in [-0.05, 0) is 58.7 Å². The molecule has 0 aliphatic carbocycles. The van der Waals surface area contributed by atoms with Crippen molar-refractivity contribution in [2.24, 2.45) is 0 Å². The van der Waals surface area contributed by atoms with Crippen LogP contribution in [0, 0.1) is 6.92 Å². The van der Waals surface area contributed by atoms with Gasteiger partial charge in [0.15, 0.2) is 13.2 Å². The molecule has 2 aromatic carbocycles. The number of hydrogen-bond acceptors (Lipinski definition) is 4. The summed E-state index contributed by atoms with van der Waals surface area (Å²) in [6.45, 7) is 1.16. The maximum absolute atomic E-state index is 11.8. The highest BCUT2D eigenvalue weighted by Crippen LogP contribution is 2.21. The molecule has 0 radical (unpaired) electrons. The first kappa shape index (κ1) is 18.3. The Hall–Kier alpha value is -2.05. The Labute approximate surface area is 153 Å². The van der Waals surface area contributed by atoms with E-state index in [1.165, 1.54) is 0 Å². The van der Waals surface area contributed by atoms with E-state index in [1.54, 1.807) is 36.4 Å². The quantitative estimate of drug-likeness (QED) is 0.729. The number of benzene rings is 2. The fourth-order valence-corrected chi connectivity index (χ4v) is 2.29. The Morgan fingerprint density at radius 1 is 1.17 bits per heavy atom. The van der Waals surface area contributed by atoms with Gasteiger partial charge in [0, 0.05) is 9.50 Å². The van der Waals surface area contributed by atoms with E-state index in [0.29, 0.717) is 16.5 Å². The van der Waals surface area contributed by atoms with Crippen molar-refractivity contribution in [2.75, 3.05) is 18.5 Å². The second kappa shape index (κ2) is 8.70. The molecule has 0 saturated heterocycles. The largest absolute Gasteiger partial charge is 0.482 e. The van der Waals surface area contributed by atoms with E-state index in [4.69, 9.17) is 21.1 Å². The summed E-state index contributed by atoms with van der Waals surface area (Å²) in [4.78, 5) is 23.4. The normalized spacial score (nSPS) is 10.1. The van der Waals surface area contributed by atoms with E-state index < -0.39 is 11.9 Å². The van der Waals surface area contributed by atoms with Gasteiger partial charge in [0.25, 0.3) is 5.91 Å². The van der Waals surface area contributed by atoms with Crippen LogP contribution in [0.2, 0.25) is 5.02 Å². The second-order valence-electron chi connectivity index (χ2n) is 4.89. The van der Waals surface area contributed by atoms with Crippen LogP contribution >= 0.6 is 27.5 Å². The number of ether oxygens (including phenoxy) is 2. The summed E-state index contributed by atoms with van der Waals surface area (Å²) in [5.41, 5.74) is 1.45. The molecule has 0 aliphatic heterocycles. The zero-order valence-electron chi connectivity index (χ0n) is 12.8. The molecule has 2 aromatic rings. The molecule has 0 aromatic heterocycles. The Morgan fingerprint density at radius 3 is 2.62 bits per heavy atom. The molecule has 0 saturated carbocycles. The van der Waals surface area contributed by atoms with Gasteiger partial charge in [-0.25, -0.2) is 4.79 Å². The predicted molar refractivity (Wildman–Crippen MR) is 95.4 cm³/mol. The molecule has 1 amide bonds. The first-order chi connectivity index (χ1) is 11.5. The van der Waals surface area contributed by atoms with E-state index in [1.807, 2.05) is 13.0 Å². The number of para-hydroxylation sites is 1. The molecule has 0 fully saturated rings. The molecule has 7 heteroatoms. The van der Waals surface area contributed by atoms with E-state index in [9.17, 15) is 9.59 Å². The molecule has 0 aliphatic rings. The van der Waals surface area contributed by atoms with Gasteiger partial charge in [0.05, 0.1) is 5.69 Å². The second-order valence-corrected chi connectivity index (χ2v) is 6.15. The van der Waals surface area contributed by atoms with Gasteiger partial charge in [-0.2, -0.15) is 0 Å². The van der Waals surface area contributed by atoms with Crippen molar-refractivity contribution in [3.63, 3.8) is 0 Å². The molecular formula is C17H15BrClNO4. The number of hydrogen-bond donors (Lipinski definition) is 1. The molecule has 5 nitrogen and oxygen atoms in total. The molecule has 0 spiro atoms. The molecule has 0 bridgehead atoms. The Morgan fingerprint density at radius 2 is 1.92 bits per heavy atom. The third kappa shape index (κ3) is 5.54. The van der Waals surface area contributed by atoms with Crippen LogP contribution in [0.3, 0.4) is 0 Å². The summed E-state index contributed by atoms with van der Waals surface area (Å²) < 4.78 is 10.9.